The molecule has 3 nitrogen and oxygen atoms in total. The smallest absolute Gasteiger partial charge is 0.146 e. The molecule has 0 amide bonds. The molecule has 88 valence electrons. The molecule has 0 aliphatic carbocycles. The highest BCUT2D eigenvalue weighted by atomic mass is 16.1. The van der Waals surface area contributed by atoms with Gasteiger partial charge in [0.15, 0.2) is 0 Å². The Morgan fingerprint density at radius 3 is 2.07 bits per heavy atom. The van der Waals surface area contributed by atoms with E-state index < -0.39 is 0 Å². The molecule has 1 fully saturated rings. The van der Waals surface area contributed by atoms with Crippen LogP contribution in [0.1, 0.15) is 34.1 Å². The summed E-state index contributed by atoms with van der Waals surface area (Å²) >= 11 is 0. The molecule has 0 unspecified atom stereocenters. The zero-order chi connectivity index (χ0) is 11.5. The summed E-state index contributed by atoms with van der Waals surface area (Å²) in [4.78, 5) is 16.1. The fraction of sp³-hybridized carbons (Fsp3) is 0.917. The van der Waals surface area contributed by atoms with Crippen molar-refractivity contribution in [3.63, 3.8) is 0 Å². The SMILES string of the molecule is CCC(=O)CN1CCN(C(C)(C)C)CC1. The molecule has 15 heavy (non-hydrogen) atoms. The third-order valence-corrected chi connectivity index (χ3v) is 3.12. The van der Waals surface area contributed by atoms with Gasteiger partial charge in [-0.15, -0.1) is 0 Å². The molecule has 0 atom stereocenters. The summed E-state index contributed by atoms with van der Waals surface area (Å²) in [6.07, 6.45) is 0.666. The number of rotatable bonds is 3. The summed E-state index contributed by atoms with van der Waals surface area (Å²) < 4.78 is 0. The fourth-order valence-corrected chi connectivity index (χ4v) is 1.94. The molecule has 1 saturated heterocycles. The quantitative estimate of drug-likeness (QED) is 0.706. The summed E-state index contributed by atoms with van der Waals surface area (Å²) in [5.74, 6) is 0.360. The topological polar surface area (TPSA) is 23.6 Å². The maximum atomic E-state index is 11.3. The molecule has 0 bridgehead atoms. The van der Waals surface area contributed by atoms with Crippen LogP contribution in [-0.2, 0) is 4.79 Å². The van der Waals surface area contributed by atoms with E-state index in [4.69, 9.17) is 0 Å². The molecule has 0 saturated carbocycles. The predicted octanol–water partition coefficient (Wildman–Crippen LogP) is 1.38. The number of carbonyl (C=O) groups is 1. The van der Waals surface area contributed by atoms with Crippen LogP contribution < -0.4 is 0 Å². The van der Waals surface area contributed by atoms with Gasteiger partial charge in [0.2, 0.25) is 0 Å². The summed E-state index contributed by atoms with van der Waals surface area (Å²) in [7, 11) is 0. The van der Waals surface area contributed by atoms with Crippen molar-refractivity contribution >= 4 is 5.78 Å². The summed E-state index contributed by atoms with van der Waals surface area (Å²) in [6, 6.07) is 0. The van der Waals surface area contributed by atoms with Crippen LogP contribution in [-0.4, -0.2) is 53.8 Å². The van der Waals surface area contributed by atoms with Crippen molar-refractivity contribution in [1.29, 1.82) is 0 Å². The molecule has 0 spiro atoms. The molecule has 0 aromatic carbocycles. The minimum Gasteiger partial charge on any atom is -0.298 e. The maximum absolute atomic E-state index is 11.3. The molecule has 1 aliphatic rings. The second-order valence-electron chi connectivity index (χ2n) is 5.33. The van der Waals surface area contributed by atoms with Crippen molar-refractivity contribution in [3.05, 3.63) is 0 Å². The monoisotopic (exact) mass is 212 g/mol. The largest absolute Gasteiger partial charge is 0.298 e. The van der Waals surface area contributed by atoms with Crippen LogP contribution in [0, 0.1) is 0 Å². The van der Waals surface area contributed by atoms with Crippen LogP contribution in [0.4, 0.5) is 0 Å². The van der Waals surface area contributed by atoms with E-state index in [2.05, 4.69) is 30.6 Å². The number of Topliss-reactive ketones (excluding diaryl/α,β-unsaturated/α-hetero) is 1. The Hall–Kier alpha value is -0.410. The van der Waals surface area contributed by atoms with E-state index >= 15 is 0 Å². The van der Waals surface area contributed by atoms with E-state index in [9.17, 15) is 4.79 Å². The molecule has 3 heteroatoms. The van der Waals surface area contributed by atoms with E-state index in [1.54, 1.807) is 0 Å². The van der Waals surface area contributed by atoms with Gasteiger partial charge in [-0.2, -0.15) is 0 Å². The van der Waals surface area contributed by atoms with Crippen LogP contribution in [0.25, 0.3) is 0 Å². The number of piperazine rings is 1. The average Bonchev–Trinajstić information content (AvgIpc) is 2.17. The molecule has 0 radical (unpaired) electrons. The van der Waals surface area contributed by atoms with Gasteiger partial charge in [-0.1, -0.05) is 6.92 Å². The Balaban J connectivity index is 2.33. The molecular weight excluding hydrogens is 188 g/mol. The molecule has 0 aromatic rings. The van der Waals surface area contributed by atoms with Crippen molar-refractivity contribution in [1.82, 2.24) is 9.80 Å². The average molecular weight is 212 g/mol. The van der Waals surface area contributed by atoms with Gasteiger partial charge in [-0.3, -0.25) is 14.6 Å². The minimum atomic E-state index is 0.265. The first-order valence-electron chi connectivity index (χ1n) is 5.92. The van der Waals surface area contributed by atoms with Gasteiger partial charge in [0.25, 0.3) is 0 Å². The molecule has 0 N–H and O–H groups in total. The van der Waals surface area contributed by atoms with Crippen molar-refractivity contribution in [2.75, 3.05) is 32.7 Å². The van der Waals surface area contributed by atoms with Crippen LogP contribution in [0.3, 0.4) is 0 Å². The number of hydrogen-bond acceptors (Lipinski definition) is 3. The van der Waals surface area contributed by atoms with Crippen molar-refractivity contribution < 1.29 is 4.79 Å². The van der Waals surface area contributed by atoms with Gasteiger partial charge in [0, 0.05) is 38.1 Å². The fourth-order valence-electron chi connectivity index (χ4n) is 1.94. The lowest BCUT2D eigenvalue weighted by molar-refractivity contribution is -0.120. The lowest BCUT2D eigenvalue weighted by Crippen LogP contribution is -2.54. The third-order valence-electron chi connectivity index (χ3n) is 3.12. The summed E-state index contributed by atoms with van der Waals surface area (Å²) in [6.45, 7) is 13.6. The van der Waals surface area contributed by atoms with Gasteiger partial charge in [0.1, 0.15) is 5.78 Å². The Bertz CT molecular complexity index is 212. The first-order valence-corrected chi connectivity index (χ1v) is 5.92. The second-order valence-corrected chi connectivity index (χ2v) is 5.33. The highest BCUT2D eigenvalue weighted by Crippen LogP contribution is 2.15. The van der Waals surface area contributed by atoms with Crippen molar-refractivity contribution in [2.24, 2.45) is 0 Å². The standard InChI is InChI=1S/C12H24N2O/c1-5-11(15)10-13-6-8-14(9-7-13)12(2,3)4/h5-10H2,1-4H3. The van der Waals surface area contributed by atoms with Crippen molar-refractivity contribution in [3.8, 4) is 0 Å². The first kappa shape index (κ1) is 12.7. The normalized spacial score (nSPS) is 20.5. The van der Waals surface area contributed by atoms with E-state index in [-0.39, 0.29) is 5.54 Å². The molecule has 1 rings (SSSR count). The Kier molecular flexibility index (Phi) is 4.29. The van der Waals surface area contributed by atoms with Crippen LogP contribution in [0.15, 0.2) is 0 Å². The van der Waals surface area contributed by atoms with Gasteiger partial charge in [-0.25, -0.2) is 0 Å². The van der Waals surface area contributed by atoms with Crippen molar-refractivity contribution in [2.45, 2.75) is 39.7 Å². The van der Waals surface area contributed by atoms with E-state index in [1.165, 1.54) is 0 Å². The van der Waals surface area contributed by atoms with Gasteiger partial charge < -0.3 is 0 Å². The zero-order valence-electron chi connectivity index (χ0n) is 10.5. The zero-order valence-corrected chi connectivity index (χ0v) is 10.5. The number of ketones is 1. The number of nitrogens with zero attached hydrogens (tertiary/aromatic N) is 2. The summed E-state index contributed by atoms with van der Waals surface area (Å²) in [5.41, 5.74) is 0.265. The molecule has 0 aromatic heterocycles. The lowest BCUT2D eigenvalue weighted by atomic mass is 10.0. The van der Waals surface area contributed by atoms with E-state index in [0.717, 1.165) is 26.2 Å². The summed E-state index contributed by atoms with van der Waals surface area (Å²) in [5, 5.41) is 0. The molecule has 1 heterocycles. The van der Waals surface area contributed by atoms with Crippen LogP contribution in [0.5, 0.6) is 0 Å². The second kappa shape index (κ2) is 5.08. The lowest BCUT2D eigenvalue weighted by Gasteiger charge is -2.42. The van der Waals surface area contributed by atoms with E-state index in [1.807, 2.05) is 6.92 Å². The van der Waals surface area contributed by atoms with Gasteiger partial charge in [-0.05, 0) is 20.8 Å². The van der Waals surface area contributed by atoms with Crippen LogP contribution >= 0.6 is 0 Å². The Labute approximate surface area is 93.4 Å². The third kappa shape index (κ3) is 3.92. The minimum absolute atomic E-state index is 0.265. The Morgan fingerprint density at radius 1 is 1.13 bits per heavy atom. The van der Waals surface area contributed by atoms with E-state index in [0.29, 0.717) is 18.7 Å². The van der Waals surface area contributed by atoms with Gasteiger partial charge in [0.05, 0.1) is 6.54 Å². The highest BCUT2D eigenvalue weighted by molar-refractivity contribution is 5.80. The van der Waals surface area contributed by atoms with Gasteiger partial charge >= 0.3 is 0 Å². The predicted molar refractivity (Wildman–Crippen MR) is 63.1 cm³/mol. The Morgan fingerprint density at radius 2 is 1.67 bits per heavy atom. The number of hydrogen-bond donors (Lipinski definition) is 0. The number of carbonyl (C=O) groups excluding carboxylic acids is 1. The molecular formula is C12H24N2O. The first-order chi connectivity index (χ1) is 6.93. The molecule has 1 aliphatic heterocycles. The van der Waals surface area contributed by atoms with Crippen LogP contribution in [0.2, 0.25) is 0 Å². The maximum Gasteiger partial charge on any atom is 0.146 e. The highest BCUT2D eigenvalue weighted by Gasteiger charge is 2.25.